The van der Waals surface area contributed by atoms with Crippen molar-refractivity contribution in [3.63, 3.8) is 0 Å². The Morgan fingerprint density at radius 2 is 2.25 bits per heavy atom. The number of nitrogens with zero attached hydrogens (tertiary/aromatic N) is 1. The van der Waals surface area contributed by atoms with E-state index in [1.54, 1.807) is 4.90 Å². The second-order valence-corrected chi connectivity index (χ2v) is 5.62. The van der Waals surface area contributed by atoms with E-state index in [1.807, 2.05) is 12.1 Å². The first-order valence-corrected chi connectivity index (χ1v) is 6.40. The van der Waals surface area contributed by atoms with E-state index >= 15 is 0 Å². The Morgan fingerprint density at radius 3 is 3.00 bits per heavy atom. The topological polar surface area (TPSA) is 12.5 Å². The summed E-state index contributed by atoms with van der Waals surface area (Å²) < 4.78 is 29.5. The van der Waals surface area contributed by atoms with Crippen LogP contribution >= 0.6 is 15.9 Å². The summed E-state index contributed by atoms with van der Waals surface area (Å²) in [6.07, 6.45) is 2.44. The van der Waals surface area contributed by atoms with Gasteiger partial charge in [0.15, 0.2) is 0 Å². The third-order valence-electron chi connectivity index (χ3n) is 3.54. The van der Waals surface area contributed by atoms with Gasteiger partial charge in [0.1, 0.15) is 11.4 Å². The summed E-state index contributed by atoms with van der Waals surface area (Å²) in [6.45, 7) is -0.826. The van der Waals surface area contributed by atoms with Crippen molar-refractivity contribution in [1.29, 1.82) is 0 Å². The average molecular weight is 285 g/mol. The van der Waals surface area contributed by atoms with Crippen molar-refractivity contribution in [2.45, 2.75) is 24.9 Å². The minimum atomic E-state index is -1.98. The van der Waals surface area contributed by atoms with E-state index in [4.69, 9.17) is 8.85 Å². The summed E-state index contributed by atoms with van der Waals surface area (Å²) in [6, 6.07) is 6.07. The molecule has 2 aliphatic heterocycles. The van der Waals surface area contributed by atoms with Gasteiger partial charge in [-0.15, -0.1) is 0 Å². The number of rotatable bonds is 0. The summed E-state index contributed by atoms with van der Waals surface area (Å²) in [5.74, 6) is 0.950. The normalized spacial score (nSPS) is 26.7. The second kappa shape index (κ2) is 3.74. The number of ether oxygens (including phenoxy) is 1. The molecule has 0 saturated carbocycles. The lowest BCUT2D eigenvalue weighted by Crippen LogP contribution is -2.45. The molecule has 0 radical (unpaired) electrons. The molecule has 3 heteroatoms. The van der Waals surface area contributed by atoms with Gasteiger partial charge in [-0.2, -0.15) is 0 Å². The van der Waals surface area contributed by atoms with Crippen molar-refractivity contribution in [2.75, 3.05) is 20.1 Å². The second-order valence-electron chi connectivity index (χ2n) is 4.70. The van der Waals surface area contributed by atoms with Crippen molar-refractivity contribution in [3.05, 3.63) is 28.2 Å². The molecule has 2 heterocycles. The summed E-state index contributed by atoms with van der Waals surface area (Å²) >= 11 is 3.47. The molecule has 1 fully saturated rings. The van der Waals surface area contributed by atoms with Crippen LogP contribution in [-0.2, 0) is 6.42 Å². The Bertz CT molecular complexity index is 495. The minimum Gasteiger partial charge on any atom is -0.487 e. The molecule has 2 aliphatic rings. The largest absolute Gasteiger partial charge is 0.487 e. The van der Waals surface area contributed by atoms with Gasteiger partial charge in [0.25, 0.3) is 0 Å². The van der Waals surface area contributed by atoms with Crippen LogP contribution in [0.1, 0.15) is 22.5 Å². The molecule has 0 bridgehead atoms. The Kier molecular flexibility index (Phi) is 1.81. The number of hydrogen-bond donors (Lipinski definition) is 0. The molecular formula is C13H16BrNO. The number of fused-ring (bicyclic) bond motifs is 1. The number of likely N-dealkylation sites (tertiary alicyclic amines) is 1. The standard InChI is InChI=1S/C13H16BrNO/c1-15-6-4-13(5-7-15)9-10-8-11(14)2-3-12(10)16-13/h2-3,8H,4-7,9H2,1H3/i1D3. The van der Waals surface area contributed by atoms with Crippen LogP contribution in [0.25, 0.3) is 0 Å². The van der Waals surface area contributed by atoms with Gasteiger partial charge in [-0.1, -0.05) is 15.9 Å². The van der Waals surface area contributed by atoms with Gasteiger partial charge in [-0.05, 0) is 30.7 Å². The highest BCUT2D eigenvalue weighted by Gasteiger charge is 2.41. The van der Waals surface area contributed by atoms with Crippen molar-refractivity contribution >= 4 is 15.9 Å². The minimum absolute atomic E-state index is 0.190. The fourth-order valence-corrected chi connectivity index (χ4v) is 3.00. The van der Waals surface area contributed by atoms with Gasteiger partial charge in [0.2, 0.25) is 0 Å². The molecule has 1 saturated heterocycles. The molecule has 0 aromatic heterocycles. The van der Waals surface area contributed by atoms with Crippen LogP contribution in [0.2, 0.25) is 0 Å². The van der Waals surface area contributed by atoms with E-state index in [9.17, 15) is 0 Å². The molecule has 0 aliphatic carbocycles. The summed E-state index contributed by atoms with van der Waals surface area (Å²) in [7, 11) is 0. The first kappa shape index (κ1) is 7.72. The highest BCUT2D eigenvalue weighted by molar-refractivity contribution is 9.10. The Hall–Kier alpha value is -0.540. The third kappa shape index (κ3) is 1.76. The molecule has 1 spiro atoms. The van der Waals surface area contributed by atoms with E-state index in [2.05, 4.69) is 22.0 Å². The maximum absolute atomic E-state index is 7.45. The van der Waals surface area contributed by atoms with Gasteiger partial charge in [0, 0.05) is 40.9 Å². The highest BCUT2D eigenvalue weighted by atomic mass is 79.9. The lowest BCUT2D eigenvalue weighted by atomic mass is 9.87. The molecule has 0 amide bonds. The zero-order valence-corrected chi connectivity index (χ0v) is 10.6. The number of halogens is 1. The SMILES string of the molecule is [2H]C([2H])([2H])N1CCC2(CC1)Cc1cc(Br)ccc1O2. The Labute approximate surface area is 109 Å². The van der Waals surface area contributed by atoms with Crippen LogP contribution in [0.4, 0.5) is 0 Å². The number of piperidine rings is 1. The van der Waals surface area contributed by atoms with Gasteiger partial charge < -0.3 is 9.64 Å². The van der Waals surface area contributed by atoms with Crippen LogP contribution in [0.3, 0.4) is 0 Å². The lowest BCUT2D eigenvalue weighted by Gasteiger charge is -2.37. The fourth-order valence-electron chi connectivity index (χ4n) is 2.60. The van der Waals surface area contributed by atoms with Gasteiger partial charge in [-0.25, -0.2) is 0 Å². The predicted octanol–water partition coefficient (Wildman–Crippen LogP) is 2.85. The van der Waals surface area contributed by atoms with Crippen LogP contribution in [0.5, 0.6) is 5.75 Å². The maximum atomic E-state index is 7.45. The quantitative estimate of drug-likeness (QED) is 0.727. The molecule has 0 unspecified atom stereocenters. The summed E-state index contributed by atoms with van der Waals surface area (Å²) in [5.41, 5.74) is 1.03. The van der Waals surface area contributed by atoms with E-state index in [-0.39, 0.29) is 5.60 Å². The maximum Gasteiger partial charge on any atom is 0.123 e. The monoisotopic (exact) mass is 284 g/mol. The van der Waals surface area contributed by atoms with E-state index in [1.165, 1.54) is 5.56 Å². The molecule has 1 aromatic carbocycles. The molecule has 3 rings (SSSR count). The van der Waals surface area contributed by atoms with Crippen molar-refractivity contribution in [2.24, 2.45) is 0 Å². The van der Waals surface area contributed by atoms with Gasteiger partial charge >= 0.3 is 0 Å². The molecule has 0 atom stereocenters. The smallest absolute Gasteiger partial charge is 0.123 e. The van der Waals surface area contributed by atoms with Gasteiger partial charge in [0.05, 0.1) is 0 Å². The van der Waals surface area contributed by atoms with E-state index < -0.39 is 6.98 Å². The zero-order chi connectivity index (χ0) is 13.7. The van der Waals surface area contributed by atoms with E-state index in [0.717, 1.165) is 29.5 Å². The first-order valence-electron chi connectivity index (χ1n) is 7.11. The first-order chi connectivity index (χ1) is 8.88. The van der Waals surface area contributed by atoms with Crippen molar-refractivity contribution in [3.8, 4) is 5.75 Å². The fraction of sp³-hybridized carbons (Fsp3) is 0.538. The third-order valence-corrected chi connectivity index (χ3v) is 4.03. The van der Waals surface area contributed by atoms with Crippen LogP contribution in [0.15, 0.2) is 22.7 Å². The molecule has 86 valence electrons. The summed E-state index contributed by atoms with van der Waals surface area (Å²) in [4.78, 5) is 1.57. The molecule has 2 nitrogen and oxygen atoms in total. The van der Waals surface area contributed by atoms with Crippen molar-refractivity contribution in [1.82, 2.24) is 4.90 Å². The molecule has 0 N–H and O–H groups in total. The Balaban J connectivity index is 1.73. The van der Waals surface area contributed by atoms with Crippen LogP contribution in [-0.4, -0.2) is 30.6 Å². The average Bonchev–Trinajstić information content (AvgIpc) is 2.65. The molecule has 1 aromatic rings. The van der Waals surface area contributed by atoms with E-state index in [0.29, 0.717) is 13.1 Å². The highest BCUT2D eigenvalue weighted by Crippen LogP contribution is 2.41. The van der Waals surface area contributed by atoms with Crippen LogP contribution < -0.4 is 4.74 Å². The number of benzene rings is 1. The van der Waals surface area contributed by atoms with Crippen molar-refractivity contribution < 1.29 is 8.85 Å². The lowest BCUT2D eigenvalue weighted by molar-refractivity contribution is 0.0271. The zero-order valence-electron chi connectivity index (χ0n) is 12.0. The molecule has 16 heavy (non-hydrogen) atoms. The number of hydrogen-bond acceptors (Lipinski definition) is 2. The predicted molar refractivity (Wildman–Crippen MR) is 67.9 cm³/mol. The summed E-state index contributed by atoms with van der Waals surface area (Å²) in [5, 5.41) is 0. The van der Waals surface area contributed by atoms with Crippen LogP contribution in [0, 0.1) is 0 Å². The Morgan fingerprint density at radius 1 is 1.44 bits per heavy atom. The molecular weight excluding hydrogens is 266 g/mol. The van der Waals surface area contributed by atoms with Gasteiger partial charge in [-0.3, -0.25) is 0 Å².